The third kappa shape index (κ3) is 4.92. The second kappa shape index (κ2) is 9.12. The molecule has 2 amide bonds. The number of halogens is 2. The summed E-state index contributed by atoms with van der Waals surface area (Å²) in [6, 6.07) is 13.1. The largest absolute Gasteiger partial charge is 0.347 e. The van der Waals surface area contributed by atoms with Gasteiger partial charge in [-0.2, -0.15) is 5.10 Å². The van der Waals surface area contributed by atoms with E-state index in [9.17, 15) is 9.59 Å². The highest BCUT2D eigenvalue weighted by molar-refractivity contribution is 6.35. The monoisotopic (exact) mass is 456 g/mol. The standard InChI is InChI=1S/C23H22Cl2N4O2/c1-14-3-2-4-15(9-14)12-26-23(31)22-18-13-29(8-7-20(18)27-28-22)21(30)10-16-5-6-17(24)11-19(16)25/h2-6,9,11H,7-8,10,12-13H2,1H3,(H,26,31)(H,27,28). The molecule has 0 spiro atoms. The summed E-state index contributed by atoms with van der Waals surface area (Å²) >= 11 is 12.2. The van der Waals surface area contributed by atoms with Crippen LogP contribution in [-0.4, -0.2) is 33.5 Å². The number of benzene rings is 2. The van der Waals surface area contributed by atoms with Crippen LogP contribution in [0.5, 0.6) is 0 Å². The number of hydrogen-bond donors (Lipinski definition) is 2. The molecule has 0 aliphatic carbocycles. The first-order chi connectivity index (χ1) is 14.9. The van der Waals surface area contributed by atoms with Crippen LogP contribution < -0.4 is 5.32 Å². The average Bonchev–Trinajstić information content (AvgIpc) is 3.17. The normalized spacial score (nSPS) is 13.1. The summed E-state index contributed by atoms with van der Waals surface area (Å²) in [6.45, 7) is 3.32. The molecule has 2 aromatic carbocycles. The molecule has 2 heterocycles. The van der Waals surface area contributed by atoms with Crippen molar-refractivity contribution in [2.24, 2.45) is 0 Å². The van der Waals surface area contributed by atoms with Crippen molar-refractivity contribution in [1.29, 1.82) is 0 Å². The van der Waals surface area contributed by atoms with Crippen LogP contribution in [0, 0.1) is 6.92 Å². The maximum Gasteiger partial charge on any atom is 0.272 e. The van der Waals surface area contributed by atoms with Gasteiger partial charge in [0.1, 0.15) is 0 Å². The zero-order chi connectivity index (χ0) is 22.0. The number of nitrogens with one attached hydrogen (secondary N) is 2. The predicted octanol–water partition coefficient (Wildman–Crippen LogP) is 4.08. The quantitative estimate of drug-likeness (QED) is 0.606. The van der Waals surface area contributed by atoms with Crippen LogP contribution in [-0.2, 0) is 30.7 Å². The highest BCUT2D eigenvalue weighted by Gasteiger charge is 2.28. The van der Waals surface area contributed by atoms with Crippen molar-refractivity contribution in [1.82, 2.24) is 20.4 Å². The van der Waals surface area contributed by atoms with Gasteiger partial charge in [-0.15, -0.1) is 0 Å². The minimum absolute atomic E-state index is 0.0535. The minimum atomic E-state index is -0.256. The van der Waals surface area contributed by atoms with E-state index < -0.39 is 0 Å². The molecule has 4 rings (SSSR count). The molecule has 0 bridgehead atoms. The van der Waals surface area contributed by atoms with Crippen molar-refractivity contribution in [3.8, 4) is 0 Å². The number of aromatic nitrogens is 2. The van der Waals surface area contributed by atoms with Crippen LogP contribution in [0.1, 0.15) is 38.4 Å². The molecular formula is C23H22Cl2N4O2. The summed E-state index contributed by atoms with van der Waals surface area (Å²) in [7, 11) is 0. The van der Waals surface area contributed by atoms with Gasteiger partial charge in [-0.3, -0.25) is 14.7 Å². The molecule has 1 aromatic heterocycles. The fourth-order valence-corrected chi connectivity index (χ4v) is 4.20. The topological polar surface area (TPSA) is 78.1 Å². The van der Waals surface area contributed by atoms with Crippen molar-refractivity contribution < 1.29 is 9.59 Å². The van der Waals surface area contributed by atoms with Gasteiger partial charge in [0.05, 0.1) is 6.42 Å². The number of amides is 2. The summed E-state index contributed by atoms with van der Waals surface area (Å²) in [4.78, 5) is 27.4. The molecule has 160 valence electrons. The fraction of sp³-hybridized carbons (Fsp3) is 0.261. The molecule has 31 heavy (non-hydrogen) atoms. The Morgan fingerprint density at radius 3 is 2.81 bits per heavy atom. The van der Waals surface area contributed by atoms with Crippen LogP contribution in [0.25, 0.3) is 0 Å². The van der Waals surface area contributed by atoms with E-state index in [2.05, 4.69) is 15.5 Å². The lowest BCUT2D eigenvalue weighted by atomic mass is 10.0. The molecular weight excluding hydrogens is 435 g/mol. The zero-order valence-electron chi connectivity index (χ0n) is 17.0. The number of carbonyl (C=O) groups excluding carboxylic acids is 2. The molecule has 0 atom stereocenters. The van der Waals surface area contributed by atoms with Gasteiger partial charge in [0.2, 0.25) is 5.91 Å². The third-order valence-corrected chi connectivity index (χ3v) is 5.98. The SMILES string of the molecule is Cc1cccc(CNC(=O)c2n[nH]c3c2CN(C(=O)Cc2ccc(Cl)cc2Cl)CC3)c1. The van der Waals surface area contributed by atoms with Crippen LogP contribution in [0.2, 0.25) is 10.0 Å². The molecule has 0 fully saturated rings. The number of carbonyl (C=O) groups is 2. The lowest BCUT2D eigenvalue weighted by Crippen LogP contribution is -2.37. The van der Waals surface area contributed by atoms with Crippen LogP contribution in [0.3, 0.4) is 0 Å². The average molecular weight is 457 g/mol. The number of aryl methyl sites for hydroxylation is 1. The minimum Gasteiger partial charge on any atom is -0.347 e. The third-order valence-electron chi connectivity index (χ3n) is 5.39. The highest BCUT2D eigenvalue weighted by Crippen LogP contribution is 2.24. The Morgan fingerprint density at radius 2 is 2.03 bits per heavy atom. The van der Waals surface area contributed by atoms with Gasteiger partial charge < -0.3 is 10.2 Å². The predicted molar refractivity (Wildman–Crippen MR) is 120 cm³/mol. The molecule has 0 saturated heterocycles. The number of hydrogen-bond acceptors (Lipinski definition) is 3. The summed E-state index contributed by atoms with van der Waals surface area (Å²) < 4.78 is 0. The van der Waals surface area contributed by atoms with E-state index in [1.54, 1.807) is 23.1 Å². The van der Waals surface area contributed by atoms with Crippen molar-refractivity contribution in [2.45, 2.75) is 32.9 Å². The lowest BCUT2D eigenvalue weighted by molar-refractivity contribution is -0.131. The van der Waals surface area contributed by atoms with Gasteiger partial charge >= 0.3 is 0 Å². The Hall–Kier alpha value is -2.83. The van der Waals surface area contributed by atoms with E-state index in [1.807, 2.05) is 31.2 Å². The smallest absolute Gasteiger partial charge is 0.272 e. The Labute approximate surface area is 190 Å². The van der Waals surface area contributed by atoms with E-state index in [4.69, 9.17) is 23.2 Å². The Balaban J connectivity index is 1.43. The van der Waals surface area contributed by atoms with E-state index in [1.165, 1.54) is 0 Å². The number of rotatable bonds is 5. The van der Waals surface area contributed by atoms with Crippen molar-refractivity contribution in [3.05, 3.63) is 86.2 Å². The number of fused-ring (bicyclic) bond motifs is 1. The summed E-state index contributed by atoms with van der Waals surface area (Å²) in [5.74, 6) is -0.309. The number of aromatic amines is 1. The first kappa shape index (κ1) is 21.4. The van der Waals surface area contributed by atoms with Crippen LogP contribution in [0.15, 0.2) is 42.5 Å². The van der Waals surface area contributed by atoms with Crippen molar-refractivity contribution in [3.63, 3.8) is 0 Å². The Bertz CT molecular complexity index is 1140. The highest BCUT2D eigenvalue weighted by atomic mass is 35.5. The van der Waals surface area contributed by atoms with Gasteiger partial charge in [-0.25, -0.2) is 0 Å². The number of H-pyrrole nitrogens is 1. The lowest BCUT2D eigenvalue weighted by Gasteiger charge is -2.27. The second-order valence-electron chi connectivity index (χ2n) is 7.68. The van der Waals surface area contributed by atoms with Gasteiger partial charge in [0.15, 0.2) is 5.69 Å². The van der Waals surface area contributed by atoms with Gasteiger partial charge in [-0.05, 0) is 30.2 Å². The van der Waals surface area contributed by atoms with E-state index in [-0.39, 0.29) is 18.2 Å². The van der Waals surface area contributed by atoms with Crippen LogP contribution in [0.4, 0.5) is 0 Å². The van der Waals surface area contributed by atoms with Crippen molar-refractivity contribution in [2.75, 3.05) is 6.54 Å². The molecule has 3 aromatic rings. The zero-order valence-corrected chi connectivity index (χ0v) is 18.6. The van der Waals surface area contributed by atoms with E-state index >= 15 is 0 Å². The molecule has 0 unspecified atom stereocenters. The summed E-state index contributed by atoms with van der Waals surface area (Å²) in [6.07, 6.45) is 0.797. The molecule has 2 N–H and O–H groups in total. The van der Waals surface area contributed by atoms with Gasteiger partial charge in [0.25, 0.3) is 5.91 Å². The first-order valence-electron chi connectivity index (χ1n) is 10.0. The summed E-state index contributed by atoms with van der Waals surface area (Å²) in [5.41, 5.74) is 4.89. The Morgan fingerprint density at radius 1 is 1.19 bits per heavy atom. The second-order valence-corrected chi connectivity index (χ2v) is 8.52. The fourth-order valence-electron chi connectivity index (χ4n) is 3.72. The molecule has 0 radical (unpaired) electrons. The maximum atomic E-state index is 12.9. The molecule has 1 aliphatic heterocycles. The molecule has 0 saturated carbocycles. The van der Waals surface area contributed by atoms with Crippen LogP contribution >= 0.6 is 23.2 Å². The van der Waals surface area contributed by atoms with E-state index in [0.29, 0.717) is 41.8 Å². The molecule has 6 nitrogen and oxygen atoms in total. The number of nitrogens with zero attached hydrogens (tertiary/aromatic N) is 2. The molecule has 1 aliphatic rings. The van der Waals surface area contributed by atoms with Gasteiger partial charge in [0, 0.05) is 47.4 Å². The van der Waals surface area contributed by atoms with Crippen molar-refractivity contribution >= 4 is 35.0 Å². The van der Waals surface area contributed by atoms with Gasteiger partial charge in [-0.1, -0.05) is 59.1 Å². The first-order valence-corrected chi connectivity index (χ1v) is 10.8. The molecule has 8 heteroatoms. The maximum absolute atomic E-state index is 12.9. The summed E-state index contributed by atoms with van der Waals surface area (Å²) in [5, 5.41) is 11.1. The van der Waals surface area contributed by atoms with E-state index in [0.717, 1.165) is 27.9 Å². The Kier molecular flexibility index (Phi) is 6.30.